The molecule has 8 nitrogen and oxygen atoms in total. The largest absolute Gasteiger partial charge is 0.485 e. The Labute approximate surface area is 234 Å². The maximum Gasteiger partial charge on any atom is 0.333 e. The van der Waals surface area contributed by atoms with Crippen molar-refractivity contribution in [3.63, 3.8) is 0 Å². The van der Waals surface area contributed by atoms with Gasteiger partial charge < -0.3 is 18.9 Å². The van der Waals surface area contributed by atoms with Crippen LogP contribution in [-0.2, 0) is 53.2 Å². The number of ketones is 1. The molecular formula is C32H34O8. The van der Waals surface area contributed by atoms with Gasteiger partial charge in [0.05, 0.1) is 0 Å². The van der Waals surface area contributed by atoms with Crippen molar-refractivity contribution < 1.29 is 38.1 Å². The molecule has 2 rings (SSSR count). The lowest BCUT2D eigenvalue weighted by molar-refractivity contribution is -0.141. The minimum atomic E-state index is -0.558. The summed E-state index contributed by atoms with van der Waals surface area (Å²) < 4.78 is 21.8. The third-order valence-corrected chi connectivity index (χ3v) is 5.52. The number of hydrogen-bond acceptors (Lipinski definition) is 8. The van der Waals surface area contributed by atoms with Crippen molar-refractivity contribution in [3.05, 3.63) is 102 Å². The summed E-state index contributed by atoms with van der Waals surface area (Å²) in [4.78, 5) is 48.1. The fraction of sp³-hybridized carbons (Fsp3) is 0.250. The first kappa shape index (κ1) is 31.5. The molecule has 0 atom stereocenters. The van der Waals surface area contributed by atoms with Gasteiger partial charge in [-0.1, -0.05) is 50.6 Å². The first-order valence-corrected chi connectivity index (χ1v) is 12.3. The highest BCUT2D eigenvalue weighted by molar-refractivity contribution is 5.95. The molecule has 0 aromatic heterocycles. The van der Waals surface area contributed by atoms with Crippen molar-refractivity contribution in [2.45, 2.75) is 47.5 Å². The van der Waals surface area contributed by atoms with Crippen LogP contribution in [0, 0.1) is 0 Å². The van der Waals surface area contributed by atoms with Crippen molar-refractivity contribution in [1.29, 1.82) is 0 Å². The molecule has 0 amide bonds. The van der Waals surface area contributed by atoms with Crippen molar-refractivity contribution in [2.75, 3.05) is 6.61 Å². The number of carbonyl (C=O) groups is 4. The van der Waals surface area contributed by atoms with E-state index >= 15 is 0 Å². The summed E-state index contributed by atoms with van der Waals surface area (Å²) in [6.45, 7) is 20.2. The quantitative estimate of drug-likeness (QED) is 0.168. The maximum absolute atomic E-state index is 12.2. The predicted molar refractivity (Wildman–Crippen MR) is 151 cm³/mol. The molecule has 0 spiro atoms. The van der Waals surface area contributed by atoms with Crippen LogP contribution in [0.3, 0.4) is 0 Å². The number of Topliss-reactive ketones (excluding diaryl/α,β-unsaturated/α-hetero) is 1. The molecule has 0 bridgehead atoms. The Kier molecular flexibility index (Phi) is 11.4. The number of rotatable bonds is 14. The van der Waals surface area contributed by atoms with Gasteiger partial charge in [0.25, 0.3) is 0 Å². The van der Waals surface area contributed by atoms with Gasteiger partial charge in [0.1, 0.15) is 25.6 Å². The Morgan fingerprint density at radius 2 is 1.15 bits per heavy atom. The van der Waals surface area contributed by atoms with E-state index in [2.05, 4.69) is 26.3 Å². The van der Waals surface area contributed by atoms with Crippen molar-refractivity contribution in [1.82, 2.24) is 0 Å². The first-order valence-electron chi connectivity index (χ1n) is 12.3. The molecule has 0 saturated heterocycles. The molecular weight excluding hydrogens is 512 g/mol. The van der Waals surface area contributed by atoms with E-state index in [0.717, 1.165) is 0 Å². The molecule has 0 aliphatic rings. The van der Waals surface area contributed by atoms with Gasteiger partial charge >= 0.3 is 17.9 Å². The van der Waals surface area contributed by atoms with Crippen LogP contribution in [0.5, 0.6) is 5.75 Å². The molecule has 0 saturated carbocycles. The lowest BCUT2D eigenvalue weighted by Gasteiger charge is -2.16. The Morgan fingerprint density at radius 3 is 1.68 bits per heavy atom. The summed E-state index contributed by atoms with van der Waals surface area (Å²) in [5.74, 6) is -1.59. The van der Waals surface area contributed by atoms with Gasteiger partial charge in [-0.2, -0.15) is 0 Å². The van der Waals surface area contributed by atoms with E-state index in [9.17, 15) is 19.2 Å². The third-order valence-electron chi connectivity index (χ3n) is 5.52. The minimum Gasteiger partial charge on any atom is -0.485 e. The van der Waals surface area contributed by atoms with E-state index in [0.29, 0.717) is 39.1 Å². The Morgan fingerprint density at radius 1 is 0.625 bits per heavy atom. The van der Waals surface area contributed by atoms with Gasteiger partial charge in [-0.3, -0.25) is 4.79 Å². The SMILES string of the molecule is C=C(C)C(=O)COc1cc(-c2ccc(COC(=O)C(=C)C)cc2COC(=O)C(=C)C)ccc1COC(=O)C(=C)C. The third kappa shape index (κ3) is 9.23. The lowest BCUT2D eigenvalue weighted by atomic mass is 9.96. The zero-order valence-corrected chi connectivity index (χ0v) is 23.4. The van der Waals surface area contributed by atoms with Crippen LogP contribution < -0.4 is 4.74 Å². The number of esters is 3. The van der Waals surface area contributed by atoms with Crippen LogP contribution >= 0.6 is 0 Å². The Hall–Kier alpha value is -4.72. The Bertz CT molecular complexity index is 1380. The van der Waals surface area contributed by atoms with E-state index in [-0.39, 0.29) is 48.9 Å². The highest BCUT2D eigenvalue weighted by atomic mass is 16.5. The van der Waals surface area contributed by atoms with Crippen LogP contribution in [-0.4, -0.2) is 30.3 Å². The number of ether oxygens (including phenoxy) is 4. The van der Waals surface area contributed by atoms with Gasteiger partial charge in [0, 0.05) is 22.3 Å². The maximum atomic E-state index is 12.2. The molecule has 2 aromatic carbocycles. The normalized spacial score (nSPS) is 10.2. The van der Waals surface area contributed by atoms with Gasteiger partial charge in [0.15, 0.2) is 12.4 Å². The smallest absolute Gasteiger partial charge is 0.333 e. The van der Waals surface area contributed by atoms with E-state index in [4.69, 9.17) is 18.9 Å². The van der Waals surface area contributed by atoms with E-state index in [1.165, 1.54) is 0 Å². The molecule has 0 unspecified atom stereocenters. The number of carbonyl (C=O) groups excluding carboxylic acids is 4. The standard InChI is InChI=1S/C32H34O8/c1-19(2)28(33)18-37-29-14-24(10-11-25(29)16-39-31(35)21(5)6)27-12-9-23(15-38-30(34)20(3)4)13-26(27)17-40-32(36)22(7)8/h9-14H,1,3,5,7,15-18H2,2,4,6,8H3. The monoisotopic (exact) mass is 546 g/mol. The van der Waals surface area contributed by atoms with Crippen molar-refractivity contribution in [2.24, 2.45) is 0 Å². The highest BCUT2D eigenvalue weighted by Crippen LogP contribution is 2.32. The van der Waals surface area contributed by atoms with Crippen LogP contribution in [0.25, 0.3) is 11.1 Å². The lowest BCUT2D eigenvalue weighted by Crippen LogP contribution is -2.13. The highest BCUT2D eigenvalue weighted by Gasteiger charge is 2.16. The second kappa shape index (κ2) is 14.4. The number of hydrogen-bond donors (Lipinski definition) is 0. The van der Waals surface area contributed by atoms with Gasteiger partial charge in [-0.05, 0) is 67.7 Å². The van der Waals surface area contributed by atoms with E-state index in [1.54, 1.807) is 64.1 Å². The summed E-state index contributed by atoms with van der Waals surface area (Å²) >= 11 is 0. The second-order valence-electron chi connectivity index (χ2n) is 9.38. The molecule has 0 N–H and O–H groups in total. The fourth-order valence-corrected chi connectivity index (χ4v) is 3.19. The molecule has 0 fully saturated rings. The summed E-state index contributed by atoms with van der Waals surface area (Å²) in [5, 5.41) is 0. The molecule has 8 heteroatoms. The second-order valence-corrected chi connectivity index (χ2v) is 9.38. The van der Waals surface area contributed by atoms with Crippen LogP contribution in [0.2, 0.25) is 0 Å². The summed E-state index contributed by atoms with van der Waals surface area (Å²) in [7, 11) is 0. The summed E-state index contributed by atoms with van der Waals surface area (Å²) in [5.41, 5.74) is 4.33. The predicted octanol–water partition coefficient (Wildman–Crippen LogP) is 5.74. The Balaban J connectivity index is 2.49. The topological polar surface area (TPSA) is 105 Å². The van der Waals surface area contributed by atoms with Gasteiger partial charge in [-0.25, -0.2) is 14.4 Å². The minimum absolute atomic E-state index is 0.00217. The zero-order chi connectivity index (χ0) is 30.0. The molecule has 0 heterocycles. The molecule has 2 aromatic rings. The first-order chi connectivity index (χ1) is 18.8. The molecule has 0 radical (unpaired) electrons. The molecule has 0 aliphatic heterocycles. The van der Waals surface area contributed by atoms with Crippen LogP contribution in [0.4, 0.5) is 0 Å². The van der Waals surface area contributed by atoms with Gasteiger partial charge in [-0.15, -0.1) is 0 Å². The van der Waals surface area contributed by atoms with Crippen LogP contribution in [0.15, 0.2) is 85.0 Å². The van der Waals surface area contributed by atoms with Crippen LogP contribution in [0.1, 0.15) is 44.4 Å². The molecule has 210 valence electrons. The molecule has 0 aliphatic carbocycles. The zero-order valence-electron chi connectivity index (χ0n) is 23.4. The van der Waals surface area contributed by atoms with Gasteiger partial charge in [0.2, 0.25) is 0 Å². The average molecular weight is 547 g/mol. The van der Waals surface area contributed by atoms with E-state index in [1.807, 2.05) is 0 Å². The summed E-state index contributed by atoms with van der Waals surface area (Å²) in [6.07, 6.45) is 0. The van der Waals surface area contributed by atoms with Crippen molar-refractivity contribution >= 4 is 23.7 Å². The number of benzene rings is 2. The van der Waals surface area contributed by atoms with E-state index < -0.39 is 17.9 Å². The average Bonchev–Trinajstić information content (AvgIpc) is 2.91. The van der Waals surface area contributed by atoms with Crippen molar-refractivity contribution in [3.8, 4) is 16.9 Å². The molecule has 40 heavy (non-hydrogen) atoms. The summed E-state index contributed by atoms with van der Waals surface area (Å²) in [6, 6.07) is 10.5. The fourth-order valence-electron chi connectivity index (χ4n) is 3.19.